The summed E-state index contributed by atoms with van der Waals surface area (Å²) in [7, 11) is 0. The van der Waals surface area contributed by atoms with Gasteiger partial charge in [-0.3, -0.25) is 0 Å². The number of esters is 1. The zero-order valence-corrected chi connectivity index (χ0v) is 14.6. The molecule has 3 nitrogen and oxygen atoms in total. The van der Waals surface area contributed by atoms with Gasteiger partial charge in [0.25, 0.3) is 0 Å². The smallest absolute Gasteiger partial charge is 0.367 e. The molecule has 0 aromatic heterocycles. The molecule has 126 valence electrons. The van der Waals surface area contributed by atoms with Crippen molar-refractivity contribution in [3.8, 4) is 0 Å². The molecule has 2 rings (SSSR count). The number of allylic oxidation sites excluding steroid dienone is 1. The van der Waals surface area contributed by atoms with Gasteiger partial charge in [-0.1, -0.05) is 13.0 Å². The van der Waals surface area contributed by atoms with Gasteiger partial charge in [-0.15, -0.1) is 0 Å². The van der Waals surface area contributed by atoms with E-state index < -0.39 is 11.8 Å². The average Bonchev–Trinajstić information content (AvgIpc) is 2.52. The van der Waals surface area contributed by atoms with Crippen LogP contribution in [0.25, 0.3) is 5.57 Å². The van der Waals surface area contributed by atoms with Gasteiger partial charge in [0.05, 0.1) is 6.61 Å². The third-order valence-corrected chi connectivity index (χ3v) is 4.31. The fraction of sp³-hybridized carbons (Fsp3) is 0.526. The first-order valence-corrected chi connectivity index (χ1v) is 8.28. The molecular weight excluding hydrogens is 293 g/mol. The minimum absolute atomic E-state index is 0.171. The Morgan fingerprint density at radius 1 is 1.43 bits per heavy atom. The lowest BCUT2D eigenvalue weighted by molar-refractivity contribution is -0.140. The zero-order valence-electron chi connectivity index (χ0n) is 14.6. The lowest BCUT2D eigenvalue weighted by Crippen LogP contribution is -2.39. The van der Waals surface area contributed by atoms with E-state index in [1.54, 1.807) is 13.8 Å². The summed E-state index contributed by atoms with van der Waals surface area (Å²) in [6.07, 6.45) is 0.973. The number of carbonyl (C=O) groups excluding carboxylic acids is 1. The van der Waals surface area contributed by atoms with Crippen molar-refractivity contribution in [2.24, 2.45) is 5.92 Å². The van der Waals surface area contributed by atoms with Crippen LogP contribution in [0.3, 0.4) is 0 Å². The van der Waals surface area contributed by atoms with Gasteiger partial charge in [-0.25, -0.2) is 4.79 Å². The van der Waals surface area contributed by atoms with Crippen molar-refractivity contribution < 1.29 is 13.9 Å². The van der Waals surface area contributed by atoms with E-state index in [2.05, 4.69) is 25.7 Å². The summed E-state index contributed by atoms with van der Waals surface area (Å²) in [5.41, 5.74) is 3.50. The van der Waals surface area contributed by atoms with E-state index >= 15 is 0 Å². The number of anilines is 1. The molecule has 0 radical (unpaired) electrons. The molecule has 0 fully saturated rings. The quantitative estimate of drug-likeness (QED) is 0.610. The van der Waals surface area contributed by atoms with Gasteiger partial charge in [0, 0.05) is 18.3 Å². The minimum Gasteiger partial charge on any atom is -0.461 e. The van der Waals surface area contributed by atoms with Crippen LogP contribution in [-0.4, -0.2) is 25.2 Å². The maximum Gasteiger partial charge on any atom is 0.367 e. The van der Waals surface area contributed by atoms with Crippen LogP contribution in [0.5, 0.6) is 0 Å². The molecule has 0 N–H and O–H groups in total. The number of fused-ring (bicyclic) bond motifs is 1. The zero-order chi connectivity index (χ0) is 17.1. The largest absolute Gasteiger partial charge is 0.461 e. The van der Waals surface area contributed by atoms with Crippen LogP contribution in [0.1, 0.15) is 45.7 Å². The van der Waals surface area contributed by atoms with E-state index in [9.17, 15) is 9.18 Å². The Kier molecular flexibility index (Phi) is 5.45. The Morgan fingerprint density at radius 3 is 2.74 bits per heavy atom. The highest BCUT2D eigenvalue weighted by Gasteiger charge is 2.24. The van der Waals surface area contributed by atoms with Gasteiger partial charge < -0.3 is 9.64 Å². The summed E-state index contributed by atoms with van der Waals surface area (Å²) in [6.45, 7) is 11.1. The molecule has 0 saturated heterocycles. The lowest BCUT2D eigenvalue weighted by Gasteiger charge is -2.38. The number of hydrogen-bond donors (Lipinski definition) is 0. The minimum atomic E-state index is -0.889. The maximum atomic E-state index is 14.2. The fourth-order valence-electron chi connectivity index (χ4n) is 3.10. The van der Waals surface area contributed by atoms with Gasteiger partial charge in [-0.2, -0.15) is 4.39 Å². The Bertz CT molecular complexity index is 622. The number of rotatable bonds is 4. The third-order valence-electron chi connectivity index (χ3n) is 4.31. The first kappa shape index (κ1) is 17.5. The van der Waals surface area contributed by atoms with Crippen molar-refractivity contribution in [1.29, 1.82) is 0 Å². The predicted octanol–water partition coefficient (Wildman–Crippen LogP) is 4.36. The second-order valence-corrected chi connectivity index (χ2v) is 6.56. The summed E-state index contributed by atoms with van der Waals surface area (Å²) in [4.78, 5) is 14.0. The SMILES string of the molecule is CCOC(=O)C(F)=C(C)c1ccc2c(c1)CC(C)CN2C(C)C. The summed E-state index contributed by atoms with van der Waals surface area (Å²) >= 11 is 0. The molecule has 1 aliphatic rings. The number of carbonyl (C=O) groups is 1. The van der Waals surface area contributed by atoms with Crippen LogP contribution in [-0.2, 0) is 16.0 Å². The van der Waals surface area contributed by atoms with Crippen LogP contribution in [0.4, 0.5) is 10.1 Å². The molecule has 1 aromatic carbocycles. The Balaban J connectivity index is 2.39. The van der Waals surface area contributed by atoms with E-state index in [0.29, 0.717) is 17.5 Å². The molecule has 1 aromatic rings. The number of ether oxygens (including phenoxy) is 1. The first-order chi connectivity index (χ1) is 10.8. The van der Waals surface area contributed by atoms with Gasteiger partial charge in [-0.05, 0) is 68.9 Å². The lowest BCUT2D eigenvalue weighted by atomic mass is 9.90. The van der Waals surface area contributed by atoms with Gasteiger partial charge in [0.1, 0.15) is 0 Å². The molecule has 0 saturated carbocycles. The second kappa shape index (κ2) is 7.16. The number of benzene rings is 1. The van der Waals surface area contributed by atoms with Crippen molar-refractivity contribution in [2.45, 2.75) is 47.1 Å². The van der Waals surface area contributed by atoms with Crippen molar-refractivity contribution in [3.05, 3.63) is 35.2 Å². The van der Waals surface area contributed by atoms with Crippen molar-refractivity contribution in [1.82, 2.24) is 0 Å². The molecule has 1 atom stereocenters. The monoisotopic (exact) mass is 319 g/mol. The number of hydrogen-bond acceptors (Lipinski definition) is 3. The van der Waals surface area contributed by atoms with Crippen LogP contribution < -0.4 is 4.90 Å². The maximum absolute atomic E-state index is 14.2. The van der Waals surface area contributed by atoms with E-state index in [0.717, 1.165) is 18.5 Å². The highest BCUT2D eigenvalue weighted by molar-refractivity contribution is 5.95. The van der Waals surface area contributed by atoms with E-state index in [1.807, 2.05) is 18.2 Å². The topological polar surface area (TPSA) is 29.5 Å². The Hall–Kier alpha value is -1.84. The number of halogens is 1. The second-order valence-electron chi connectivity index (χ2n) is 6.56. The van der Waals surface area contributed by atoms with Gasteiger partial charge >= 0.3 is 5.97 Å². The first-order valence-electron chi connectivity index (χ1n) is 8.28. The van der Waals surface area contributed by atoms with Crippen molar-refractivity contribution in [2.75, 3.05) is 18.1 Å². The number of nitrogens with zero attached hydrogens (tertiary/aromatic N) is 1. The van der Waals surface area contributed by atoms with Crippen LogP contribution in [0.15, 0.2) is 24.0 Å². The summed E-state index contributed by atoms with van der Waals surface area (Å²) in [6, 6.07) is 6.36. The molecule has 0 spiro atoms. The molecule has 4 heteroatoms. The van der Waals surface area contributed by atoms with Crippen LogP contribution in [0, 0.1) is 5.92 Å². The standard InChI is InChI=1S/C19H26FNO2/c1-6-23-19(22)18(20)14(5)15-7-8-17-16(10-15)9-13(4)11-21(17)12(2)3/h7-8,10,12-13H,6,9,11H2,1-5H3. The average molecular weight is 319 g/mol. The molecule has 0 amide bonds. The molecule has 1 unspecified atom stereocenters. The van der Waals surface area contributed by atoms with E-state index in [-0.39, 0.29) is 6.61 Å². The van der Waals surface area contributed by atoms with E-state index in [1.165, 1.54) is 11.3 Å². The highest BCUT2D eigenvalue weighted by atomic mass is 19.1. The predicted molar refractivity (Wildman–Crippen MR) is 92.1 cm³/mol. The third kappa shape index (κ3) is 3.74. The van der Waals surface area contributed by atoms with E-state index in [4.69, 9.17) is 4.74 Å². The fourth-order valence-corrected chi connectivity index (χ4v) is 3.10. The molecule has 0 bridgehead atoms. The molecule has 1 heterocycles. The molecule has 23 heavy (non-hydrogen) atoms. The summed E-state index contributed by atoms with van der Waals surface area (Å²) < 4.78 is 18.9. The molecular formula is C19H26FNO2. The summed E-state index contributed by atoms with van der Waals surface area (Å²) in [5, 5.41) is 0. The van der Waals surface area contributed by atoms with Crippen LogP contribution in [0.2, 0.25) is 0 Å². The van der Waals surface area contributed by atoms with Crippen molar-refractivity contribution >= 4 is 17.2 Å². The van der Waals surface area contributed by atoms with Crippen molar-refractivity contribution in [3.63, 3.8) is 0 Å². The normalized spacial score (nSPS) is 18.6. The van der Waals surface area contributed by atoms with Gasteiger partial charge in [0.15, 0.2) is 0 Å². The summed E-state index contributed by atoms with van der Waals surface area (Å²) in [5.74, 6) is -1.14. The Labute approximate surface area is 138 Å². The highest BCUT2D eigenvalue weighted by Crippen LogP contribution is 2.34. The molecule has 1 aliphatic heterocycles. The van der Waals surface area contributed by atoms with Gasteiger partial charge in [0.2, 0.25) is 5.83 Å². The van der Waals surface area contributed by atoms with Crippen LogP contribution >= 0.6 is 0 Å². The molecule has 0 aliphatic carbocycles. The Morgan fingerprint density at radius 2 is 2.13 bits per heavy atom.